The van der Waals surface area contributed by atoms with Gasteiger partial charge in [0.05, 0.1) is 10.8 Å². The van der Waals surface area contributed by atoms with Gasteiger partial charge in [0.2, 0.25) is 26.0 Å². The third kappa shape index (κ3) is 6.72. The molecule has 10 heteroatoms. The monoisotopic (exact) mass is 559 g/mol. The first-order valence-electron chi connectivity index (χ1n) is 13.2. The number of nitrogens with zero attached hydrogens (tertiary/aromatic N) is 2. The van der Waals surface area contributed by atoms with E-state index in [9.17, 15) is 21.6 Å². The second kappa shape index (κ2) is 12.1. The molecule has 38 heavy (non-hydrogen) atoms. The van der Waals surface area contributed by atoms with E-state index in [0.717, 1.165) is 42.5 Å². The van der Waals surface area contributed by atoms with Crippen molar-refractivity contribution in [2.24, 2.45) is 5.92 Å². The van der Waals surface area contributed by atoms with Crippen LogP contribution in [0.4, 0.5) is 0 Å². The molecular formula is C28H37N3O5S2. The molecule has 0 spiro atoms. The maximum atomic E-state index is 13.7. The highest BCUT2D eigenvalue weighted by Crippen LogP contribution is 2.30. The second-order valence-electron chi connectivity index (χ2n) is 10.3. The molecule has 2 aliphatic heterocycles. The van der Waals surface area contributed by atoms with E-state index in [1.807, 2.05) is 35.2 Å². The van der Waals surface area contributed by atoms with Gasteiger partial charge in [0.25, 0.3) is 0 Å². The standard InChI is InChI=1S/C28H37N3O5S2/c1-3-37(33,34)29-21-25-10-7-17-31(25)38(35,36)26-13-11-24(12-14-26)27(20-23-8-5-4-6-9-23)28(32)30-18-15-22(2)16-19-30/h3-6,8-9,11-14,22,25,27,29H,1,7,10,15-21H2,2H3/t25-,27?/m1/s1. The van der Waals surface area contributed by atoms with Gasteiger partial charge in [-0.25, -0.2) is 21.6 Å². The van der Waals surface area contributed by atoms with Gasteiger partial charge in [-0.1, -0.05) is 56.0 Å². The van der Waals surface area contributed by atoms with E-state index in [1.54, 1.807) is 24.3 Å². The molecule has 0 bridgehead atoms. The maximum absolute atomic E-state index is 13.7. The number of rotatable bonds is 10. The Kier molecular flexibility index (Phi) is 9.07. The zero-order chi connectivity index (χ0) is 27.3. The van der Waals surface area contributed by atoms with Crippen molar-refractivity contribution < 1.29 is 21.6 Å². The largest absolute Gasteiger partial charge is 0.342 e. The Morgan fingerprint density at radius 3 is 2.29 bits per heavy atom. The van der Waals surface area contributed by atoms with Crippen LogP contribution in [0.2, 0.25) is 0 Å². The quantitative estimate of drug-likeness (QED) is 0.480. The molecule has 2 aliphatic rings. The van der Waals surface area contributed by atoms with Crippen LogP contribution in [0.5, 0.6) is 0 Å². The first-order chi connectivity index (χ1) is 18.1. The highest BCUT2D eigenvalue weighted by Gasteiger charge is 2.36. The molecule has 1 N–H and O–H groups in total. The van der Waals surface area contributed by atoms with Gasteiger partial charge in [-0.3, -0.25) is 4.79 Å². The third-order valence-corrected chi connectivity index (χ3v) is 10.6. The van der Waals surface area contributed by atoms with Gasteiger partial charge in [-0.05, 0) is 61.3 Å². The Labute approximate surface area is 226 Å². The molecule has 8 nitrogen and oxygen atoms in total. The van der Waals surface area contributed by atoms with E-state index in [-0.39, 0.29) is 17.3 Å². The van der Waals surface area contributed by atoms with Gasteiger partial charge in [0.1, 0.15) is 0 Å². The number of benzene rings is 2. The molecule has 206 valence electrons. The van der Waals surface area contributed by atoms with Crippen molar-refractivity contribution in [3.8, 4) is 0 Å². The third-order valence-electron chi connectivity index (χ3n) is 7.63. The lowest BCUT2D eigenvalue weighted by atomic mass is 9.89. The van der Waals surface area contributed by atoms with Crippen molar-refractivity contribution in [3.05, 3.63) is 77.7 Å². The van der Waals surface area contributed by atoms with E-state index in [1.165, 1.54) is 4.31 Å². The van der Waals surface area contributed by atoms with Crippen LogP contribution in [-0.4, -0.2) is 64.2 Å². The van der Waals surface area contributed by atoms with Crippen molar-refractivity contribution in [2.75, 3.05) is 26.2 Å². The maximum Gasteiger partial charge on any atom is 0.243 e. The highest BCUT2D eigenvalue weighted by molar-refractivity contribution is 7.92. The molecular weight excluding hydrogens is 522 g/mol. The van der Waals surface area contributed by atoms with Gasteiger partial charge in [-0.2, -0.15) is 4.31 Å². The number of sulfonamides is 2. The fourth-order valence-corrected chi connectivity index (χ4v) is 7.49. The van der Waals surface area contributed by atoms with Crippen LogP contribution in [0.25, 0.3) is 0 Å². The molecule has 2 heterocycles. The van der Waals surface area contributed by atoms with Crippen LogP contribution in [-0.2, 0) is 31.3 Å². The number of carbonyl (C=O) groups is 1. The van der Waals surface area contributed by atoms with E-state index in [2.05, 4.69) is 18.2 Å². The predicted octanol–water partition coefficient (Wildman–Crippen LogP) is 3.49. The molecule has 4 rings (SSSR count). The summed E-state index contributed by atoms with van der Waals surface area (Å²) in [6.45, 7) is 7.29. The van der Waals surface area contributed by atoms with Crippen molar-refractivity contribution in [2.45, 2.75) is 55.9 Å². The second-order valence-corrected chi connectivity index (χ2v) is 13.9. The summed E-state index contributed by atoms with van der Waals surface area (Å²) in [5.41, 5.74) is 1.84. The van der Waals surface area contributed by atoms with Gasteiger partial charge in [0, 0.05) is 37.6 Å². The molecule has 2 atom stereocenters. The lowest BCUT2D eigenvalue weighted by molar-refractivity contribution is -0.134. The molecule has 2 fully saturated rings. The fourth-order valence-electron chi connectivity index (χ4n) is 5.26. The first-order valence-corrected chi connectivity index (χ1v) is 16.2. The molecule has 2 aromatic rings. The Hall–Kier alpha value is -2.53. The summed E-state index contributed by atoms with van der Waals surface area (Å²) in [7, 11) is -7.48. The summed E-state index contributed by atoms with van der Waals surface area (Å²) in [5, 5.41) is 0.817. The van der Waals surface area contributed by atoms with Crippen LogP contribution in [0, 0.1) is 5.92 Å². The summed E-state index contributed by atoms with van der Waals surface area (Å²) in [6.07, 6.45) is 3.73. The SMILES string of the molecule is C=CS(=O)(=O)NC[C@H]1CCCN1S(=O)(=O)c1ccc(C(Cc2ccccc2)C(=O)N2CCC(C)CC2)cc1. The Bertz CT molecular complexity index is 1320. The molecule has 0 aliphatic carbocycles. The highest BCUT2D eigenvalue weighted by atomic mass is 32.2. The van der Waals surface area contributed by atoms with E-state index < -0.39 is 32.0 Å². The van der Waals surface area contributed by atoms with Gasteiger partial charge in [0.15, 0.2) is 0 Å². The minimum Gasteiger partial charge on any atom is -0.342 e. The minimum absolute atomic E-state index is 0.00618. The Balaban J connectivity index is 1.55. The topological polar surface area (TPSA) is 104 Å². The number of likely N-dealkylation sites (tertiary alicyclic amines) is 1. The number of hydrogen-bond donors (Lipinski definition) is 1. The first kappa shape index (κ1) is 28.5. The number of piperidine rings is 1. The van der Waals surface area contributed by atoms with Crippen molar-refractivity contribution in [1.29, 1.82) is 0 Å². The van der Waals surface area contributed by atoms with E-state index in [0.29, 0.717) is 31.7 Å². The fraction of sp³-hybridized carbons (Fsp3) is 0.464. The number of nitrogens with one attached hydrogen (secondary N) is 1. The molecule has 0 radical (unpaired) electrons. The average molecular weight is 560 g/mol. The van der Waals surface area contributed by atoms with Crippen molar-refractivity contribution in [3.63, 3.8) is 0 Å². The predicted molar refractivity (Wildman–Crippen MR) is 148 cm³/mol. The molecule has 1 amide bonds. The normalized spacial score (nSPS) is 20.3. The lowest BCUT2D eigenvalue weighted by Gasteiger charge is -2.33. The van der Waals surface area contributed by atoms with Gasteiger partial charge < -0.3 is 4.90 Å². The minimum atomic E-state index is -3.83. The Morgan fingerprint density at radius 1 is 1.00 bits per heavy atom. The summed E-state index contributed by atoms with van der Waals surface area (Å²) in [5.74, 6) is 0.276. The molecule has 0 saturated carbocycles. The van der Waals surface area contributed by atoms with Crippen LogP contribution >= 0.6 is 0 Å². The van der Waals surface area contributed by atoms with E-state index in [4.69, 9.17) is 0 Å². The van der Waals surface area contributed by atoms with Gasteiger partial charge >= 0.3 is 0 Å². The summed E-state index contributed by atoms with van der Waals surface area (Å²) >= 11 is 0. The summed E-state index contributed by atoms with van der Waals surface area (Å²) in [4.78, 5) is 15.7. The van der Waals surface area contributed by atoms with Crippen molar-refractivity contribution >= 4 is 26.0 Å². The van der Waals surface area contributed by atoms with E-state index >= 15 is 0 Å². The summed E-state index contributed by atoms with van der Waals surface area (Å²) in [6, 6.07) is 16.0. The lowest BCUT2D eigenvalue weighted by Crippen LogP contribution is -2.42. The van der Waals surface area contributed by atoms with Crippen LogP contribution in [0.3, 0.4) is 0 Å². The number of carbonyl (C=O) groups excluding carboxylic acids is 1. The zero-order valence-corrected chi connectivity index (χ0v) is 23.5. The Morgan fingerprint density at radius 2 is 1.66 bits per heavy atom. The van der Waals surface area contributed by atoms with Crippen LogP contribution in [0.1, 0.15) is 49.7 Å². The molecule has 2 aromatic carbocycles. The van der Waals surface area contributed by atoms with Crippen molar-refractivity contribution in [1.82, 2.24) is 13.9 Å². The number of hydrogen-bond acceptors (Lipinski definition) is 5. The molecule has 2 saturated heterocycles. The average Bonchev–Trinajstić information content (AvgIpc) is 3.41. The smallest absolute Gasteiger partial charge is 0.243 e. The van der Waals surface area contributed by atoms with Crippen LogP contribution in [0.15, 0.2) is 71.5 Å². The van der Waals surface area contributed by atoms with Gasteiger partial charge in [-0.15, -0.1) is 0 Å². The zero-order valence-electron chi connectivity index (χ0n) is 21.8. The number of amides is 1. The van der Waals surface area contributed by atoms with Crippen LogP contribution < -0.4 is 4.72 Å². The molecule has 0 aromatic heterocycles. The summed E-state index contributed by atoms with van der Waals surface area (Å²) < 4.78 is 54.3. The molecule has 1 unspecified atom stereocenters.